The average Bonchev–Trinajstić information content (AvgIpc) is 3.03. The molecule has 5 rings (SSSR count). The van der Waals surface area contributed by atoms with E-state index in [1.807, 2.05) is 20.8 Å². The summed E-state index contributed by atoms with van der Waals surface area (Å²) in [6.45, 7) is 5.90. The van der Waals surface area contributed by atoms with Crippen molar-refractivity contribution in [1.29, 1.82) is 0 Å². The zero-order chi connectivity index (χ0) is 30.3. The van der Waals surface area contributed by atoms with Gasteiger partial charge in [0.15, 0.2) is 0 Å². The maximum atomic E-state index is 13.2. The summed E-state index contributed by atoms with van der Waals surface area (Å²) in [6.07, 6.45) is 0. The Morgan fingerprint density at radius 2 is 0.714 bits per heavy atom. The molecule has 0 unspecified atom stereocenters. The van der Waals surface area contributed by atoms with Crippen LogP contribution in [0.2, 0.25) is 0 Å². The fraction of sp³-hybridized carbons (Fsp3) is 0.118. The van der Waals surface area contributed by atoms with E-state index in [2.05, 4.69) is 0 Å². The molecule has 5 aromatic carbocycles. The van der Waals surface area contributed by atoms with Crippen LogP contribution in [0.1, 0.15) is 19.4 Å². The molecule has 0 bridgehead atoms. The van der Waals surface area contributed by atoms with Crippen molar-refractivity contribution >= 4 is 19.7 Å². The molecule has 216 valence electrons. The molecule has 8 heteroatoms. The van der Waals surface area contributed by atoms with Crippen LogP contribution in [0.3, 0.4) is 0 Å². The van der Waals surface area contributed by atoms with Crippen molar-refractivity contribution in [3.63, 3.8) is 0 Å². The van der Waals surface area contributed by atoms with Gasteiger partial charge in [0.1, 0.15) is 17.2 Å². The third-order valence-electron chi connectivity index (χ3n) is 6.42. The van der Waals surface area contributed by atoms with Crippen LogP contribution in [0, 0.1) is 6.92 Å². The third-order valence-corrected chi connectivity index (χ3v) is 9.99. The highest BCUT2D eigenvalue weighted by Crippen LogP contribution is 2.30. The van der Waals surface area contributed by atoms with E-state index < -0.39 is 19.7 Å². The third kappa shape index (κ3) is 6.73. The van der Waals surface area contributed by atoms with Crippen molar-refractivity contribution in [2.45, 2.75) is 40.4 Å². The SMILES string of the molecule is CC.COc1ccc(Oc2ccc(S(=O)(=O)c3ccc(-c4ccc(S(=O)(=O)c5ccc(C)cc5)cc4)cc3)cc2)cc1. The molecule has 42 heavy (non-hydrogen) atoms. The Balaban J connectivity index is 0.00000198. The minimum atomic E-state index is -3.75. The highest BCUT2D eigenvalue weighted by Gasteiger charge is 2.19. The van der Waals surface area contributed by atoms with Crippen molar-refractivity contribution in [3.05, 3.63) is 127 Å². The molecule has 0 heterocycles. The molecule has 0 atom stereocenters. The standard InChI is InChI=1S/C32H26O6S2.C2H6/c1-23-3-15-29(16-4-23)39(33,34)30-17-5-24(6-18-30)25-7-19-31(20-8-25)40(35,36)32-21-13-28(14-22-32)38-27-11-9-26(37-2)10-12-27;1-2/h3-22H,1-2H3;1-2H3. The van der Waals surface area contributed by atoms with Gasteiger partial charge in [-0.15, -0.1) is 0 Å². The first-order valence-corrected chi connectivity index (χ1v) is 16.3. The molecule has 0 aliphatic carbocycles. The summed E-state index contributed by atoms with van der Waals surface area (Å²) < 4.78 is 63.2. The predicted octanol–water partition coefficient (Wildman–Crippen LogP) is 8.15. The van der Waals surface area contributed by atoms with Gasteiger partial charge in [-0.2, -0.15) is 0 Å². The lowest BCUT2D eigenvalue weighted by molar-refractivity contribution is 0.413. The molecule has 0 fully saturated rings. The molecule has 0 aromatic heterocycles. The number of sulfone groups is 2. The number of methoxy groups -OCH3 is 1. The fourth-order valence-corrected chi connectivity index (χ4v) is 6.63. The molecule has 0 aliphatic heterocycles. The van der Waals surface area contributed by atoms with E-state index in [0.717, 1.165) is 16.7 Å². The summed E-state index contributed by atoms with van der Waals surface area (Å²) in [7, 11) is -5.79. The molecule has 0 radical (unpaired) electrons. The Kier molecular flexibility index (Phi) is 9.50. The number of hydrogen-bond acceptors (Lipinski definition) is 6. The number of aryl methyl sites for hydroxylation is 1. The van der Waals surface area contributed by atoms with Crippen LogP contribution in [0.15, 0.2) is 141 Å². The van der Waals surface area contributed by atoms with Crippen LogP contribution < -0.4 is 9.47 Å². The van der Waals surface area contributed by atoms with Crippen LogP contribution in [-0.4, -0.2) is 23.9 Å². The van der Waals surface area contributed by atoms with E-state index in [1.165, 1.54) is 12.1 Å². The summed E-state index contributed by atoms with van der Waals surface area (Å²) in [6, 6.07) is 33.1. The minimum absolute atomic E-state index is 0.146. The van der Waals surface area contributed by atoms with E-state index >= 15 is 0 Å². The molecule has 5 aromatic rings. The van der Waals surface area contributed by atoms with Crippen molar-refractivity contribution in [2.24, 2.45) is 0 Å². The fourth-order valence-electron chi connectivity index (χ4n) is 4.11. The second kappa shape index (κ2) is 13.1. The second-order valence-electron chi connectivity index (χ2n) is 9.12. The van der Waals surface area contributed by atoms with Gasteiger partial charge in [-0.1, -0.05) is 55.8 Å². The zero-order valence-corrected chi connectivity index (χ0v) is 25.4. The van der Waals surface area contributed by atoms with Crippen LogP contribution in [-0.2, 0) is 19.7 Å². The van der Waals surface area contributed by atoms with E-state index in [1.54, 1.807) is 116 Å². The molecule has 0 N–H and O–H groups in total. The number of benzene rings is 5. The van der Waals surface area contributed by atoms with Gasteiger partial charge >= 0.3 is 0 Å². The van der Waals surface area contributed by atoms with Gasteiger partial charge in [-0.3, -0.25) is 0 Å². The first kappa shape index (κ1) is 30.6. The molecule has 0 saturated heterocycles. The molecule has 0 amide bonds. The number of hydrogen-bond donors (Lipinski definition) is 0. The first-order chi connectivity index (χ1) is 20.2. The summed E-state index contributed by atoms with van der Waals surface area (Å²) in [5.74, 6) is 1.82. The largest absolute Gasteiger partial charge is 0.497 e. The molecule has 6 nitrogen and oxygen atoms in total. The van der Waals surface area contributed by atoms with Crippen molar-refractivity contribution in [1.82, 2.24) is 0 Å². The average molecular weight is 601 g/mol. The highest BCUT2D eigenvalue weighted by atomic mass is 32.2. The van der Waals surface area contributed by atoms with E-state index in [4.69, 9.17) is 9.47 Å². The van der Waals surface area contributed by atoms with Crippen LogP contribution in [0.25, 0.3) is 11.1 Å². The molecule has 0 saturated carbocycles. The van der Waals surface area contributed by atoms with Gasteiger partial charge < -0.3 is 9.47 Å². The van der Waals surface area contributed by atoms with Crippen LogP contribution in [0.5, 0.6) is 17.2 Å². The van der Waals surface area contributed by atoms with E-state index in [9.17, 15) is 16.8 Å². The van der Waals surface area contributed by atoms with Gasteiger partial charge in [-0.25, -0.2) is 16.8 Å². The smallest absolute Gasteiger partial charge is 0.206 e. The van der Waals surface area contributed by atoms with E-state index in [-0.39, 0.29) is 19.6 Å². The van der Waals surface area contributed by atoms with E-state index in [0.29, 0.717) is 17.2 Å². The lowest BCUT2D eigenvalue weighted by Gasteiger charge is -2.10. The Morgan fingerprint density at radius 1 is 0.429 bits per heavy atom. The van der Waals surface area contributed by atoms with Gasteiger partial charge in [-0.05, 0) is 103 Å². The van der Waals surface area contributed by atoms with Crippen molar-refractivity contribution < 1.29 is 26.3 Å². The minimum Gasteiger partial charge on any atom is -0.497 e. The Bertz CT molecular complexity index is 1830. The lowest BCUT2D eigenvalue weighted by Crippen LogP contribution is -2.02. The molecule has 0 spiro atoms. The lowest BCUT2D eigenvalue weighted by atomic mass is 10.1. The monoisotopic (exact) mass is 600 g/mol. The van der Waals surface area contributed by atoms with Crippen LogP contribution >= 0.6 is 0 Å². The predicted molar refractivity (Wildman–Crippen MR) is 165 cm³/mol. The molecule has 0 aliphatic rings. The maximum Gasteiger partial charge on any atom is 0.206 e. The van der Waals surface area contributed by atoms with Gasteiger partial charge in [0.2, 0.25) is 19.7 Å². The summed E-state index contributed by atoms with van der Waals surface area (Å²) in [5.41, 5.74) is 2.52. The molecular formula is C34H32O6S2. The Labute approximate surface area is 248 Å². The Morgan fingerprint density at radius 3 is 1.07 bits per heavy atom. The Hall–Kier alpha value is -4.40. The number of ether oxygens (including phenoxy) is 2. The quantitative estimate of drug-likeness (QED) is 0.179. The maximum absolute atomic E-state index is 13.2. The second-order valence-corrected chi connectivity index (χ2v) is 13.0. The normalized spacial score (nSPS) is 11.2. The highest BCUT2D eigenvalue weighted by molar-refractivity contribution is 7.91. The summed E-state index contributed by atoms with van der Waals surface area (Å²) >= 11 is 0. The number of rotatable bonds is 8. The summed E-state index contributed by atoms with van der Waals surface area (Å²) in [4.78, 5) is 0.728. The summed E-state index contributed by atoms with van der Waals surface area (Å²) in [5, 5.41) is 0. The van der Waals surface area contributed by atoms with Gasteiger partial charge in [0.25, 0.3) is 0 Å². The van der Waals surface area contributed by atoms with Crippen molar-refractivity contribution in [3.8, 4) is 28.4 Å². The topological polar surface area (TPSA) is 86.7 Å². The molecular weight excluding hydrogens is 569 g/mol. The van der Waals surface area contributed by atoms with Gasteiger partial charge in [0, 0.05) is 0 Å². The first-order valence-electron chi connectivity index (χ1n) is 13.4. The zero-order valence-electron chi connectivity index (χ0n) is 23.8. The van der Waals surface area contributed by atoms with Crippen LogP contribution in [0.4, 0.5) is 0 Å². The van der Waals surface area contributed by atoms with Crippen molar-refractivity contribution in [2.75, 3.05) is 7.11 Å². The van der Waals surface area contributed by atoms with Gasteiger partial charge in [0.05, 0.1) is 26.7 Å².